The van der Waals surface area contributed by atoms with Crippen molar-refractivity contribution in [1.29, 1.82) is 0 Å². The third kappa shape index (κ3) is 4.33. The minimum Gasteiger partial charge on any atom is -0.486 e. The molecule has 2 aromatic carbocycles. The van der Waals surface area contributed by atoms with Gasteiger partial charge in [-0.15, -0.1) is 0 Å². The first-order valence-electron chi connectivity index (χ1n) is 11.0. The fourth-order valence-electron chi connectivity index (χ4n) is 3.97. The Kier molecular flexibility index (Phi) is 6.03. The monoisotopic (exact) mass is 490 g/mol. The van der Waals surface area contributed by atoms with Crippen molar-refractivity contribution in [2.45, 2.75) is 12.5 Å². The molecule has 11 heteroatoms. The quantitative estimate of drug-likeness (QED) is 0.440. The van der Waals surface area contributed by atoms with Crippen molar-refractivity contribution in [3.63, 3.8) is 0 Å². The molecular formula is C25H19FN4O6. The number of rotatable bonds is 4. The Balaban J connectivity index is 1.47. The number of benzene rings is 2. The molecule has 2 aliphatic rings. The molecule has 5 rings (SSSR count). The van der Waals surface area contributed by atoms with Gasteiger partial charge in [0, 0.05) is 29.6 Å². The minimum atomic E-state index is -1.37. The van der Waals surface area contributed by atoms with Crippen LogP contribution in [0.4, 0.5) is 10.1 Å². The van der Waals surface area contributed by atoms with Gasteiger partial charge in [0.2, 0.25) is 5.91 Å². The van der Waals surface area contributed by atoms with Crippen molar-refractivity contribution in [1.82, 2.24) is 15.4 Å². The highest BCUT2D eigenvalue weighted by molar-refractivity contribution is 6.23. The molecule has 10 nitrogen and oxygen atoms in total. The summed E-state index contributed by atoms with van der Waals surface area (Å²) in [7, 11) is 0. The van der Waals surface area contributed by atoms with Gasteiger partial charge < -0.3 is 9.47 Å². The molecule has 36 heavy (non-hydrogen) atoms. The topological polar surface area (TPSA) is 118 Å². The molecule has 3 heterocycles. The molecule has 2 aliphatic heterocycles. The number of anilines is 1. The minimum absolute atomic E-state index is 0.108. The largest absolute Gasteiger partial charge is 0.486 e. The molecule has 0 bridgehead atoms. The smallest absolute Gasteiger partial charge is 0.273 e. The molecule has 3 aromatic rings. The summed E-state index contributed by atoms with van der Waals surface area (Å²) < 4.78 is 24.9. The lowest BCUT2D eigenvalue weighted by Crippen LogP contribution is -2.54. The first kappa shape index (κ1) is 23.0. The molecule has 1 aromatic heterocycles. The van der Waals surface area contributed by atoms with Gasteiger partial charge >= 0.3 is 0 Å². The van der Waals surface area contributed by atoms with Crippen LogP contribution in [0, 0.1) is 5.82 Å². The van der Waals surface area contributed by atoms with Gasteiger partial charge in [-0.3, -0.25) is 29.6 Å². The van der Waals surface area contributed by atoms with Crippen LogP contribution in [0.25, 0.3) is 0 Å². The first-order chi connectivity index (χ1) is 17.4. The summed E-state index contributed by atoms with van der Waals surface area (Å²) in [6.45, 7) is 0.697. The molecule has 4 amide bonds. The summed E-state index contributed by atoms with van der Waals surface area (Å²) in [6, 6.07) is 10.9. The molecule has 0 aliphatic carbocycles. The van der Waals surface area contributed by atoms with Crippen LogP contribution in [0.5, 0.6) is 11.5 Å². The van der Waals surface area contributed by atoms with Crippen molar-refractivity contribution in [3.8, 4) is 11.5 Å². The molecule has 0 saturated carbocycles. The highest BCUT2D eigenvalue weighted by Gasteiger charge is 2.46. The highest BCUT2D eigenvalue weighted by Crippen LogP contribution is 2.36. The molecule has 1 saturated heterocycles. The van der Waals surface area contributed by atoms with E-state index in [9.17, 15) is 23.6 Å². The Morgan fingerprint density at radius 1 is 0.972 bits per heavy atom. The molecule has 182 valence electrons. The second kappa shape index (κ2) is 9.45. The SMILES string of the molecule is O=C(NN(C(=O)c1cccc(F)c1)C1CC(=O)N(c2ccc3c(c2)OCCO3)C1=O)c1ccncc1. The van der Waals surface area contributed by atoms with E-state index in [1.807, 2.05) is 0 Å². The van der Waals surface area contributed by atoms with Crippen LogP contribution in [0.15, 0.2) is 67.0 Å². The molecular weight excluding hydrogens is 471 g/mol. The van der Waals surface area contributed by atoms with E-state index in [0.29, 0.717) is 24.7 Å². The second-order valence-electron chi connectivity index (χ2n) is 7.98. The van der Waals surface area contributed by atoms with Gasteiger partial charge in [-0.1, -0.05) is 6.07 Å². The van der Waals surface area contributed by atoms with Crippen LogP contribution in [0.2, 0.25) is 0 Å². The van der Waals surface area contributed by atoms with Crippen LogP contribution >= 0.6 is 0 Å². The lowest BCUT2D eigenvalue weighted by Gasteiger charge is -2.28. The molecule has 1 fully saturated rings. The standard InChI is InChI=1S/C25H19FN4O6/c26-17-3-1-2-16(12-17)24(33)30(28-23(32)15-6-8-27-9-7-15)19-14-22(31)29(25(19)34)18-4-5-20-21(13-18)36-11-10-35-20/h1-9,12-13,19H,10-11,14H2,(H,28,32). The van der Waals surface area contributed by atoms with Gasteiger partial charge in [-0.25, -0.2) is 14.3 Å². The fourth-order valence-corrected chi connectivity index (χ4v) is 3.97. The third-order valence-corrected chi connectivity index (χ3v) is 5.67. The summed E-state index contributed by atoms with van der Waals surface area (Å²) >= 11 is 0. The number of amides is 4. The summed E-state index contributed by atoms with van der Waals surface area (Å²) in [5, 5.41) is 0.774. The zero-order valence-corrected chi connectivity index (χ0v) is 18.7. The number of fused-ring (bicyclic) bond motifs is 1. The molecule has 1 atom stereocenters. The fraction of sp³-hybridized carbons (Fsp3) is 0.160. The Bertz CT molecular complexity index is 1370. The zero-order chi connectivity index (χ0) is 25.2. The third-order valence-electron chi connectivity index (χ3n) is 5.67. The lowest BCUT2D eigenvalue weighted by molar-refractivity contribution is -0.122. The van der Waals surface area contributed by atoms with E-state index < -0.39 is 41.9 Å². The van der Waals surface area contributed by atoms with Crippen LogP contribution in [-0.4, -0.2) is 52.9 Å². The van der Waals surface area contributed by atoms with Crippen LogP contribution in [0.3, 0.4) is 0 Å². The van der Waals surface area contributed by atoms with E-state index in [-0.39, 0.29) is 16.8 Å². The number of carbonyl (C=O) groups is 4. The number of hydrogen-bond donors (Lipinski definition) is 1. The highest BCUT2D eigenvalue weighted by atomic mass is 19.1. The van der Waals surface area contributed by atoms with Gasteiger partial charge in [0.1, 0.15) is 25.1 Å². The number of aromatic nitrogens is 1. The van der Waals surface area contributed by atoms with Gasteiger partial charge in [0.15, 0.2) is 11.5 Å². The van der Waals surface area contributed by atoms with Crippen molar-refractivity contribution >= 4 is 29.3 Å². The Morgan fingerprint density at radius 2 is 1.72 bits per heavy atom. The normalized spacial score (nSPS) is 16.6. The van der Waals surface area contributed by atoms with Crippen LogP contribution < -0.4 is 19.8 Å². The van der Waals surface area contributed by atoms with Crippen molar-refractivity contribution in [2.75, 3.05) is 18.1 Å². The Hall–Kier alpha value is -4.80. The second-order valence-corrected chi connectivity index (χ2v) is 7.98. The maximum atomic E-state index is 13.8. The Morgan fingerprint density at radius 3 is 2.47 bits per heavy atom. The maximum absolute atomic E-state index is 13.8. The number of hydrogen-bond acceptors (Lipinski definition) is 7. The number of pyridine rings is 1. The summed E-state index contributed by atoms with van der Waals surface area (Å²) in [6.07, 6.45) is 2.38. The average molecular weight is 490 g/mol. The Labute approximate surface area is 204 Å². The number of nitrogens with one attached hydrogen (secondary N) is 1. The van der Waals surface area contributed by atoms with Gasteiger partial charge in [0.05, 0.1) is 12.1 Å². The summed E-state index contributed by atoms with van der Waals surface area (Å²) in [5.74, 6) is -2.71. The lowest BCUT2D eigenvalue weighted by atomic mass is 10.1. The summed E-state index contributed by atoms with van der Waals surface area (Å²) in [4.78, 5) is 57.4. The van der Waals surface area contributed by atoms with Crippen LogP contribution in [-0.2, 0) is 9.59 Å². The van der Waals surface area contributed by atoms with E-state index in [4.69, 9.17) is 9.47 Å². The molecule has 0 radical (unpaired) electrons. The van der Waals surface area contributed by atoms with Crippen molar-refractivity contribution in [2.24, 2.45) is 0 Å². The zero-order valence-electron chi connectivity index (χ0n) is 18.7. The number of halogens is 1. The predicted octanol–water partition coefficient (Wildman–Crippen LogP) is 2.11. The van der Waals surface area contributed by atoms with Gasteiger partial charge in [-0.05, 0) is 42.5 Å². The number of nitrogens with zero attached hydrogens (tertiary/aromatic N) is 3. The number of hydrazine groups is 1. The van der Waals surface area contributed by atoms with Gasteiger partial charge in [-0.2, -0.15) is 0 Å². The molecule has 1 N–H and O–H groups in total. The van der Waals surface area contributed by atoms with E-state index in [1.165, 1.54) is 48.8 Å². The van der Waals surface area contributed by atoms with E-state index >= 15 is 0 Å². The number of imide groups is 1. The van der Waals surface area contributed by atoms with E-state index in [1.54, 1.807) is 6.07 Å². The first-order valence-corrected chi connectivity index (χ1v) is 11.0. The van der Waals surface area contributed by atoms with Crippen molar-refractivity contribution in [3.05, 3.63) is 83.9 Å². The predicted molar refractivity (Wildman–Crippen MR) is 123 cm³/mol. The van der Waals surface area contributed by atoms with Gasteiger partial charge in [0.25, 0.3) is 17.7 Å². The molecule has 1 unspecified atom stereocenters. The van der Waals surface area contributed by atoms with Crippen LogP contribution in [0.1, 0.15) is 27.1 Å². The maximum Gasteiger partial charge on any atom is 0.273 e. The average Bonchev–Trinajstić information content (AvgIpc) is 3.20. The molecule has 0 spiro atoms. The van der Waals surface area contributed by atoms with E-state index in [0.717, 1.165) is 22.0 Å². The summed E-state index contributed by atoms with van der Waals surface area (Å²) in [5.41, 5.74) is 2.71. The number of carbonyl (C=O) groups excluding carboxylic acids is 4. The van der Waals surface area contributed by atoms with Crippen molar-refractivity contribution < 1.29 is 33.0 Å². The number of ether oxygens (including phenoxy) is 2. The van der Waals surface area contributed by atoms with E-state index in [2.05, 4.69) is 10.4 Å².